The molecule has 0 unspecified atom stereocenters. The van der Waals surface area contributed by atoms with E-state index in [0.29, 0.717) is 29.1 Å². The van der Waals surface area contributed by atoms with Crippen LogP contribution in [0, 0.1) is 5.41 Å². The number of aromatic amines is 1. The van der Waals surface area contributed by atoms with Gasteiger partial charge in [-0.25, -0.2) is 8.42 Å². The van der Waals surface area contributed by atoms with Crippen molar-refractivity contribution in [3.63, 3.8) is 0 Å². The Morgan fingerprint density at radius 3 is 2.71 bits per heavy atom. The second kappa shape index (κ2) is 5.79. The molecular formula is C15H18ClN5O2S. The molecular weight excluding hydrogens is 350 g/mol. The third kappa shape index (κ3) is 2.82. The first-order valence-corrected chi connectivity index (χ1v) is 9.86. The van der Waals surface area contributed by atoms with Gasteiger partial charge in [0.15, 0.2) is 0 Å². The lowest BCUT2D eigenvalue weighted by molar-refractivity contribution is 0.404. The van der Waals surface area contributed by atoms with E-state index in [1.54, 1.807) is 16.4 Å². The summed E-state index contributed by atoms with van der Waals surface area (Å²) in [6, 6.07) is 4.64. The lowest BCUT2D eigenvalue weighted by Crippen LogP contribution is -2.32. The summed E-state index contributed by atoms with van der Waals surface area (Å²) in [5, 5.41) is 14.0. The van der Waals surface area contributed by atoms with E-state index in [1.807, 2.05) is 0 Å². The van der Waals surface area contributed by atoms with Gasteiger partial charge in [0.1, 0.15) is 0 Å². The molecule has 7 nitrogen and oxygen atoms in total. The topological polar surface area (TPSA) is 91.8 Å². The highest BCUT2D eigenvalue weighted by Gasteiger charge is 2.44. The SMILES string of the molecule is O=S(=O)(c1ccc(Cl)c(-c2nn[nH]n2)c1)N1CCCC2(CC1)CC2. The molecule has 1 aliphatic heterocycles. The van der Waals surface area contributed by atoms with Crippen molar-refractivity contribution in [3.8, 4) is 11.4 Å². The second-order valence-corrected chi connectivity index (χ2v) is 8.98. The highest BCUT2D eigenvalue weighted by atomic mass is 35.5. The molecule has 0 amide bonds. The molecule has 24 heavy (non-hydrogen) atoms. The van der Waals surface area contributed by atoms with Crippen LogP contribution >= 0.6 is 11.6 Å². The Balaban J connectivity index is 1.65. The normalized spacial score (nSPS) is 20.9. The number of hydrogen-bond acceptors (Lipinski definition) is 5. The van der Waals surface area contributed by atoms with Gasteiger partial charge in [-0.2, -0.15) is 9.52 Å². The van der Waals surface area contributed by atoms with Crippen LogP contribution in [0.1, 0.15) is 32.1 Å². The zero-order valence-corrected chi connectivity index (χ0v) is 14.6. The number of H-pyrrole nitrogens is 1. The molecule has 1 saturated carbocycles. The molecule has 2 heterocycles. The molecule has 0 atom stereocenters. The standard InChI is InChI=1S/C15H18ClN5O2S/c16-13-3-2-11(10-12(13)14-17-19-20-18-14)24(22,23)21-8-1-4-15(5-6-15)7-9-21/h2-3,10H,1,4-9H2,(H,17,18,19,20). The highest BCUT2D eigenvalue weighted by molar-refractivity contribution is 7.89. The number of nitrogens with one attached hydrogen (secondary N) is 1. The van der Waals surface area contributed by atoms with Crippen LogP contribution in [0.2, 0.25) is 5.02 Å². The first kappa shape index (κ1) is 16.0. The van der Waals surface area contributed by atoms with Crippen LogP contribution in [0.15, 0.2) is 23.1 Å². The van der Waals surface area contributed by atoms with Crippen molar-refractivity contribution in [2.75, 3.05) is 13.1 Å². The van der Waals surface area contributed by atoms with Crippen LogP contribution in [-0.4, -0.2) is 46.4 Å². The van der Waals surface area contributed by atoms with Crippen LogP contribution in [0.5, 0.6) is 0 Å². The average molecular weight is 368 g/mol. The van der Waals surface area contributed by atoms with Crippen LogP contribution in [0.25, 0.3) is 11.4 Å². The quantitative estimate of drug-likeness (QED) is 0.899. The van der Waals surface area contributed by atoms with Gasteiger partial charge in [0.25, 0.3) is 0 Å². The fourth-order valence-corrected chi connectivity index (χ4v) is 5.12. The monoisotopic (exact) mass is 367 g/mol. The van der Waals surface area contributed by atoms with Crippen molar-refractivity contribution >= 4 is 21.6 Å². The summed E-state index contributed by atoms with van der Waals surface area (Å²) in [5.41, 5.74) is 0.875. The van der Waals surface area contributed by atoms with Crippen LogP contribution in [-0.2, 0) is 10.0 Å². The summed E-state index contributed by atoms with van der Waals surface area (Å²) in [4.78, 5) is 0.221. The zero-order valence-electron chi connectivity index (χ0n) is 13.1. The molecule has 2 aliphatic rings. The fraction of sp³-hybridized carbons (Fsp3) is 0.533. The van der Waals surface area contributed by atoms with Crippen molar-refractivity contribution in [1.29, 1.82) is 0 Å². The maximum absolute atomic E-state index is 13.0. The van der Waals surface area contributed by atoms with Crippen molar-refractivity contribution in [2.24, 2.45) is 5.41 Å². The van der Waals surface area contributed by atoms with E-state index >= 15 is 0 Å². The number of hydrogen-bond donors (Lipinski definition) is 1. The molecule has 1 saturated heterocycles. The number of nitrogens with zero attached hydrogens (tertiary/aromatic N) is 4. The highest BCUT2D eigenvalue weighted by Crippen LogP contribution is 2.53. The fourth-order valence-electron chi connectivity index (χ4n) is 3.41. The Morgan fingerprint density at radius 2 is 2.00 bits per heavy atom. The third-order valence-corrected chi connectivity index (χ3v) is 7.35. The molecule has 9 heteroatoms. The van der Waals surface area contributed by atoms with E-state index in [1.165, 1.54) is 18.9 Å². The Morgan fingerprint density at radius 1 is 1.17 bits per heavy atom. The molecule has 1 N–H and O–H groups in total. The van der Waals surface area contributed by atoms with Crippen molar-refractivity contribution < 1.29 is 8.42 Å². The first-order valence-electron chi connectivity index (χ1n) is 8.04. The lowest BCUT2D eigenvalue weighted by Gasteiger charge is -2.20. The minimum Gasteiger partial charge on any atom is -0.207 e. The summed E-state index contributed by atoms with van der Waals surface area (Å²) in [7, 11) is -3.55. The van der Waals surface area contributed by atoms with E-state index in [0.717, 1.165) is 19.3 Å². The summed E-state index contributed by atoms with van der Waals surface area (Å²) in [5.74, 6) is 0.282. The van der Waals surface area contributed by atoms with Gasteiger partial charge in [-0.1, -0.05) is 11.6 Å². The molecule has 4 rings (SSSR count). The van der Waals surface area contributed by atoms with Gasteiger partial charge in [0, 0.05) is 18.7 Å². The van der Waals surface area contributed by atoms with E-state index in [4.69, 9.17) is 11.6 Å². The predicted octanol–water partition coefficient (Wildman–Crippen LogP) is 2.47. The molecule has 2 aromatic rings. The number of rotatable bonds is 3. The molecule has 0 bridgehead atoms. The van der Waals surface area contributed by atoms with Crippen molar-refractivity contribution in [3.05, 3.63) is 23.2 Å². The summed E-state index contributed by atoms with van der Waals surface area (Å²) < 4.78 is 27.6. The first-order chi connectivity index (χ1) is 11.5. The molecule has 1 spiro atoms. The van der Waals surface area contributed by atoms with Gasteiger partial charge in [0.2, 0.25) is 15.8 Å². The third-order valence-electron chi connectivity index (χ3n) is 5.13. The maximum Gasteiger partial charge on any atom is 0.243 e. The van der Waals surface area contributed by atoms with Gasteiger partial charge in [0.05, 0.1) is 9.92 Å². The molecule has 128 valence electrons. The van der Waals surface area contributed by atoms with E-state index in [-0.39, 0.29) is 10.7 Å². The molecule has 0 radical (unpaired) electrons. The predicted molar refractivity (Wildman–Crippen MR) is 88.9 cm³/mol. The second-order valence-electron chi connectivity index (χ2n) is 6.63. The van der Waals surface area contributed by atoms with Crippen molar-refractivity contribution in [1.82, 2.24) is 24.9 Å². The van der Waals surface area contributed by atoms with Crippen LogP contribution in [0.4, 0.5) is 0 Å². The smallest absolute Gasteiger partial charge is 0.207 e. The van der Waals surface area contributed by atoms with Gasteiger partial charge in [-0.05, 0) is 60.9 Å². The van der Waals surface area contributed by atoms with Gasteiger partial charge >= 0.3 is 0 Å². The largest absolute Gasteiger partial charge is 0.243 e. The Labute approximate surface area is 145 Å². The van der Waals surface area contributed by atoms with Gasteiger partial charge < -0.3 is 0 Å². The number of aromatic nitrogens is 4. The minimum absolute atomic E-state index is 0.221. The van der Waals surface area contributed by atoms with Crippen LogP contribution in [0.3, 0.4) is 0 Å². The number of sulfonamides is 1. The summed E-state index contributed by atoms with van der Waals surface area (Å²) >= 11 is 6.17. The molecule has 2 fully saturated rings. The van der Waals surface area contributed by atoms with Gasteiger partial charge in [-0.3, -0.25) is 0 Å². The molecule has 1 aromatic heterocycles. The lowest BCUT2D eigenvalue weighted by atomic mass is 9.98. The van der Waals surface area contributed by atoms with Crippen LogP contribution < -0.4 is 0 Å². The van der Waals surface area contributed by atoms with Crippen molar-refractivity contribution in [2.45, 2.75) is 37.0 Å². The number of tetrazole rings is 1. The average Bonchev–Trinajstić information content (AvgIpc) is 3.20. The Hall–Kier alpha value is -1.51. The minimum atomic E-state index is -3.55. The zero-order chi connectivity index (χ0) is 16.8. The van der Waals surface area contributed by atoms with E-state index in [9.17, 15) is 8.42 Å². The Kier molecular flexibility index (Phi) is 3.85. The van der Waals surface area contributed by atoms with Gasteiger partial charge in [-0.15, -0.1) is 10.2 Å². The maximum atomic E-state index is 13.0. The van der Waals surface area contributed by atoms with E-state index in [2.05, 4.69) is 20.6 Å². The molecule has 1 aliphatic carbocycles. The Bertz CT molecular complexity index is 849. The van der Waals surface area contributed by atoms with E-state index < -0.39 is 10.0 Å². The summed E-state index contributed by atoms with van der Waals surface area (Å²) in [6.45, 7) is 1.16. The number of benzene rings is 1. The molecule has 1 aromatic carbocycles. The summed E-state index contributed by atoms with van der Waals surface area (Å²) in [6.07, 6.45) is 5.49. The number of halogens is 1.